The molecular formula is C26H27N3O4. The van der Waals surface area contributed by atoms with E-state index in [-0.39, 0.29) is 11.8 Å². The molecule has 0 radical (unpaired) electrons. The minimum absolute atomic E-state index is 0.0110. The number of carbonyl (C=O) groups excluding carboxylic acids is 1. The van der Waals surface area contributed by atoms with Crippen molar-refractivity contribution in [2.45, 2.75) is 19.3 Å². The van der Waals surface area contributed by atoms with E-state index in [9.17, 15) is 4.79 Å². The Balaban J connectivity index is 1.30. The first-order valence-electron chi connectivity index (χ1n) is 11.2. The molecule has 1 unspecified atom stereocenters. The molecule has 0 saturated carbocycles. The molecule has 33 heavy (non-hydrogen) atoms. The standard InChI is InChI=1S/C26H27N3O4/c1-17-12-21(28-20-4-3-5-22(14-20)31-2)15-23(27-17)19-8-9-29(16-19)26(30)18-6-7-24-25(13-18)33-11-10-32-24/h3-7,12-15,19H,8-11,16H2,1-2H3,(H,27,28). The van der Waals surface area contributed by atoms with Crippen LogP contribution in [-0.4, -0.2) is 49.2 Å². The Morgan fingerprint density at radius 3 is 2.76 bits per heavy atom. The first-order chi connectivity index (χ1) is 16.1. The highest BCUT2D eigenvalue weighted by Gasteiger charge is 2.30. The van der Waals surface area contributed by atoms with Crippen molar-refractivity contribution >= 4 is 17.3 Å². The van der Waals surface area contributed by atoms with Gasteiger partial charge in [0, 0.05) is 53.4 Å². The second-order valence-electron chi connectivity index (χ2n) is 8.37. The molecule has 3 heterocycles. The Morgan fingerprint density at radius 1 is 1.06 bits per heavy atom. The number of ether oxygens (including phenoxy) is 3. The number of rotatable bonds is 5. The third-order valence-electron chi connectivity index (χ3n) is 6.01. The molecule has 1 saturated heterocycles. The van der Waals surface area contributed by atoms with Crippen LogP contribution in [0.4, 0.5) is 11.4 Å². The lowest BCUT2D eigenvalue weighted by molar-refractivity contribution is 0.0789. The zero-order chi connectivity index (χ0) is 22.8. The van der Waals surface area contributed by atoms with Gasteiger partial charge < -0.3 is 24.4 Å². The molecule has 7 nitrogen and oxygen atoms in total. The van der Waals surface area contributed by atoms with Crippen LogP contribution >= 0.6 is 0 Å². The summed E-state index contributed by atoms with van der Waals surface area (Å²) in [5.41, 5.74) is 4.49. The van der Waals surface area contributed by atoms with Crippen LogP contribution in [-0.2, 0) is 0 Å². The summed E-state index contributed by atoms with van der Waals surface area (Å²) in [6.07, 6.45) is 0.880. The van der Waals surface area contributed by atoms with Crippen LogP contribution in [0.5, 0.6) is 17.2 Å². The molecule has 7 heteroatoms. The van der Waals surface area contributed by atoms with Crippen molar-refractivity contribution in [2.75, 3.05) is 38.7 Å². The smallest absolute Gasteiger partial charge is 0.254 e. The number of fused-ring (bicyclic) bond motifs is 1. The summed E-state index contributed by atoms with van der Waals surface area (Å²) in [4.78, 5) is 19.8. The molecule has 1 N–H and O–H groups in total. The van der Waals surface area contributed by atoms with Gasteiger partial charge in [0.05, 0.1) is 7.11 Å². The SMILES string of the molecule is COc1cccc(Nc2cc(C)nc(C3CCN(C(=O)c4ccc5c(c4)OCCO5)C3)c2)c1. The van der Waals surface area contributed by atoms with E-state index >= 15 is 0 Å². The zero-order valence-corrected chi connectivity index (χ0v) is 18.8. The summed E-state index contributed by atoms with van der Waals surface area (Å²) in [7, 11) is 1.66. The lowest BCUT2D eigenvalue weighted by Crippen LogP contribution is -2.28. The van der Waals surface area contributed by atoms with Crippen molar-refractivity contribution in [3.8, 4) is 17.2 Å². The fourth-order valence-corrected chi connectivity index (χ4v) is 4.39. The molecule has 1 aromatic heterocycles. The summed E-state index contributed by atoms with van der Waals surface area (Å²) >= 11 is 0. The van der Waals surface area contributed by atoms with E-state index in [2.05, 4.69) is 11.4 Å². The maximum absolute atomic E-state index is 13.1. The molecule has 2 aromatic carbocycles. The number of benzene rings is 2. The van der Waals surface area contributed by atoms with Crippen molar-refractivity contribution in [2.24, 2.45) is 0 Å². The van der Waals surface area contributed by atoms with Crippen molar-refractivity contribution in [3.05, 3.63) is 71.5 Å². The monoisotopic (exact) mass is 445 g/mol. The molecule has 0 aliphatic carbocycles. The van der Waals surface area contributed by atoms with Crippen molar-refractivity contribution in [3.63, 3.8) is 0 Å². The van der Waals surface area contributed by atoms with Gasteiger partial charge in [-0.05, 0) is 55.8 Å². The van der Waals surface area contributed by atoms with Gasteiger partial charge in [-0.2, -0.15) is 0 Å². The number of aryl methyl sites for hydroxylation is 1. The largest absolute Gasteiger partial charge is 0.497 e. The average Bonchev–Trinajstić information content (AvgIpc) is 3.33. The molecule has 2 aliphatic rings. The summed E-state index contributed by atoms with van der Waals surface area (Å²) in [6, 6.07) is 17.3. The van der Waals surface area contributed by atoms with Gasteiger partial charge >= 0.3 is 0 Å². The first-order valence-corrected chi connectivity index (χ1v) is 11.2. The second kappa shape index (κ2) is 9.02. The van der Waals surface area contributed by atoms with E-state index in [1.807, 2.05) is 54.3 Å². The molecule has 170 valence electrons. The maximum atomic E-state index is 13.1. The third-order valence-corrected chi connectivity index (χ3v) is 6.01. The molecule has 3 aromatic rings. The quantitative estimate of drug-likeness (QED) is 0.622. The van der Waals surface area contributed by atoms with E-state index in [1.165, 1.54) is 0 Å². The molecule has 1 fully saturated rings. The highest BCUT2D eigenvalue weighted by atomic mass is 16.6. The highest BCUT2D eigenvalue weighted by Crippen LogP contribution is 2.33. The fraction of sp³-hybridized carbons (Fsp3) is 0.308. The fourth-order valence-electron chi connectivity index (χ4n) is 4.39. The van der Waals surface area contributed by atoms with Crippen LogP contribution in [0.15, 0.2) is 54.6 Å². The number of amides is 1. The van der Waals surface area contributed by atoms with Crippen molar-refractivity contribution < 1.29 is 19.0 Å². The minimum Gasteiger partial charge on any atom is -0.497 e. The van der Waals surface area contributed by atoms with Crippen molar-refractivity contribution in [1.29, 1.82) is 0 Å². The molecule has 1 amide bonds. The summed E-state index contributed by atoms with van der Waals surface area (Å²) in [5, 5.41) is 3.45. The highest BCUT2D eigenvalue weighted by molar-refractivity contribution is 5.95. The van der Waals surface area contributed by atoms with Crippen LogP contribution in [0.3, 0.4) is 0 Å². The molecule has 1 atom stereocenters. The number of hydrogen-bond acceptors (Lipinski definition) is 6. The van der Waals surface area contributed by atoms with Gasteiger partial charge in [0.2, 0.25) is 0 Å². The van der Waals surface area contributed by atoms with Crippen LogP contribution in [0, 0.1) is 6.92 Å². The second-order valence-corrected chi connectivity index (χ2v) is 8.37. The Kier molecular flexibility index (Phi) is 5.77. The Labute approximate surface area is 193 Å². The van der Waals surface area contributed by atoms with Crippen LogP contribution < -0.4 is 19.5 Å². The van der Waals surface area contributed by atoms with Crippen LogP contribution in [0.1, 0.15) is 34.1 Å². The van der Waals surface area contributed by atoms with E-state index in [4.69, 9.17) is 19.2 Å². The number of aromatic nitrogens is 1. The summed E-state index contributed by atoms with van der Waals surface area (Å²) in [6.45, 7) is 4.37. The van der Waals surface area contributed by atoms with Gasteiger partial charge in [0.25, 0.3) is 5.91 Å². The predicted molar refractivity (Wildman–Crippen MR) is 126 cm³/mol. The van der Waals surface area contributed by atoms with E-state index < -0.39 is 0 Å². The summed E-state index contributed by atoms with van der Waals surface area (Å²) in [5.74, 6) is 2.33. The minimum atomic E-state index is 0.0110. The number of anilines is 2. The number of likely N-dealkylation sites (tertiary alicyclic amines) is 1. The van der Waals surface area contributed by atoms with E-state index in [0.29, 0.717) is 43.4 Å². The van der Waals surface area contributed by atoms with Crippen molar-refractivity contribution in [1.82, 2.24) is 9.88 Å². The number of hydrogen-bond donors (Lipinski definition) is 1. The molecule has 0 bridgehead atoms. The maximum Gasteiger partial charge on any atom is 0.254 e. The van der Waals surface area contributed by atoms with Gasteiger partial charge in [0.15, 0.2) is 11.5 Å². The molecular weight excluding hydrogens is 418 g/mol. The number of pyridine rings is 1. The first kappa shape index (κ1) is 21.1. The normalized spacial score (nSPS) is 17.0. The Morgan fingerprint density at radius 2 is 1.91 bits per heavy atom. The van der Waals surface area contributed by atoms with Gasteiger partial charge in [-0.3, -0.25) is 9.78 Å². The van der Waals surface area contributed by atoms with Crippen LogP contribution in [0.2, 0.25) is 0 Å². The van der Waals surface area contributed by atoms with Gasteiger partial charge in [-0.15, -0.1) is 0 Å². The zero-order valence-electron chi connectivity index (χ0n) is 18.8. The topological polar surface area (TPSA) is 72.9 Å². The summed E-state index contributed by atoms with van der Waals surface area (Å²) < 4.78 is 16.5. The lowest BCUT2D eigenvalue weighted by Gasteiger charge is -2.21. The number of nitrogens with one attached hydrogen (secondary N) is 1. The molecule has 5 rings (SSSR count). The Hall–Kier alpha value is -3.74. The number of carbonyl (C=O) groups is 1. The van der Waals surface area contributed by atoms with Gasteiger partial charge in [-0.25, -0.2) is 0 Å². The number of nitrogens with zero attached hydrogens (tertiary/aromatic N) is 2. The van der Waals surface area contributed by atoms with Gasteiger partial charge in [-0.1, -0.05) is 6.07 Å². The third kappa shape index (κ3) is 4.58. The Bertz CT molecular complexity index is 1180. The molecule has 2 aliphatic heterocycles. The van der Waals surface area contributed by atoms with Crippen LogP contribution in [0.25, 0.3) is 0 Å². The van der Waals surface area contributed by atoms with Gasteiger partial charge in [0.1, 0.15) is 19.0 Å². The van der Waals surface area contributed by atoms with E-state index in [0.717, 1.165) is 34.9 Å². The number of methoxy groups -OCH3 is 1. The average molecular weight is 446 g/mol. The lowest BCUT2D eigenvalue weighted by atomic mass is 10.0. The van der Waals surface area contributed by atoms with E-state index in [1.54, 1.807) is 13.2 Å². The predicted octanol–water partition coefficient (Wildman–Crippen LogP) is 4.54. The molecule has 0 spiro atoms.